The van der Waals surface area contributed by atoms with Crippen LogP contribution in [0.2, 0.25) is 0 Å². The first-order valence-corrected chi connectivity index (χ1v) is 8.80. The first-order chi connectivity index (χ1) is 13.6. The Morgan fingerprint density at radius 2 is 1.68 bits per heavy atom. The van der Waals surface area contributed by atoms with Crippen LogP contribution in [-0.4, -0.2) is 6.21 Å². The van der Waals surface area contributed by atoms with Gasteiger partial charge in [0.15, 0.2) is 0 Å². The minimum Gasteiger partial charge on any atom is -0.438 e. The maximum atomic E-state index is 13.2. The highest BCUT2D eigenvalue weighted by Gasteiger charge is 2.17. The summed E-state index contributed by atoms with van der Waals surface area (Å²) in [5, 5.41) is 4.68. The summed E-state index contributed by atoms with van der Waals surface area (Å²) >= 11 is 0. The zero-order chi connectivity index (χ0) is 19.5. The van der Waals surface area contributed by atoms with E-state index in [0.29, 0.717) is 16.5 Å². The number of hydrogen-bond acceptors (Lipinski definition) is 4. The van der Waals surface area contributed by atoms with Gasteiger partial charge in [0, 0.05) is 0 Å². The maximum absolute atomic E-state index is 13.2. The number of rotatable bonds is 4. The Hall–Kier alpha value is -3.73. The van der Waals surface area contributed by atoms with Gasteiger partial charge in [0.2, 0.25) is 11.3 Å². The number of benzene rings is 3. The molecular formula is C23H17FN2O2. The van der Waals surface area contributed by atoms with Crippen molar-refractivity contribution in [3.05, 3.63) is 100.0 Å². The molecule has 0 aliphatic rings. The molecule has 0 bridgehead atoms. The Bertz CT molecular complexity index is 1230. The number of hydrazone groups is 1. The molecule has 4 nitrogen and oxygen atoms in total. The quantitative estimate of drug-likeness (QED) is 0.388. The van der Waals surface area contributed by atoms with Gasteiger partial charge in [-0.3, -0.25) is 4.79 Å². The van der Waals surface area contributed by atoms with Crippen LogP contribution in [0.4, 0.5) is 10.3 Å². The smallest absolute Gasteiger partial charge is 0.225 e. The Balaban J connectivity index is 1.82. The molecule has 0 fully saturated rings. The van der Waals surface area contributed by atoms with Gasteiger partial charge in [0.25, 0.3) is 0 Å². The number of halogens is 1. The zero-order valence-electron chi connectivity index (χ0n) is 15.1. The number of para-hydroxylation sites is 1. The van der Waals surface area contributed by atoms with Crippen molar-refractivity contribution in [1.29, 1.82) is 0 Å². The Morgan fingerprint density at radius 3 is 2.46 bits per heavy atom. The minimum atomic E-state index is -0.313. The number of nitrogens with one attached hydrogen (secondary N) is 1. The molecule has 28 heavy (non-hydrogen) atoms. The van der Waals surface area contributed by atoms with Crippen molar-refractivity contribution < 1.29 is 8.81 Å². The standard InChI is InChI=1S/C23H17FN2O2/c1-15-6-2-3-7-18(15)21-22(27)19-8-4-5-9-20(19)28-23(21)26-25-14-16-10-12-17(24)13-11-16/h2-14,26H,1H3/b25-14+. The van der Waals surface area contributed by atoms with Gasteiger partial charge in [-0.25, -0.2) is 9.82 Å². The van der Waals surface area contributed by atoms with Crippen molar-refractivity contribution in [2.75, 3.05) is 5.43 Å². The summed E-state index contributed by atoms with van der Waals surface area (Å²) in [6, 6.07) is 20.7. The van der Waals surface area contributed by atoms with E-state index in [1.54, 1.807) is 30.3 Å². The molecule has 0 unspecified atom stereocenters. The van der Waals surface area contributed by atoms with Gasteiger partial charge in [-0.05, 0) is 47.9 Å². The predicted molar refractivity (Wildman–Crippen MR) is 110 cm³/mol. The summed E-state index contributed by atoms with van der Waals surface area (Å²) < 4.78 is 19.0. The van der Waals surface area contributed by atoms with Crippen LogP contribution >= 0.6 is 0 Å². The lowest BCUT2D eigenvalue weighted by Gasteiger charge is -2.11. The largest absolute Gasteiger partial charge is 0.438 e. The van der Waals surface area contributed by atoms with Crippen molar-refractivity contribution in [3.8, 4) is 11.1 Å². The van der Waals surface area contributed by atoms with Gasteiger partial charge in [-0.15, -0.1) is 0 Å². The third kappa shape index (κ3) is 3.42. The fourth-order valence-electron chi connectivity index (χ4n) is 3.03. The Morgan fingerprint density at radius 1 is 0.964 bits per heavy atom. The molecular weight excluding hydrogens is 355 g/mol. The molecule has 3 aromatic carbocycles. The normalized spacial score (nSPS) is 11.2. The first kappa shape index (κ1) is 17.7. The maximum Gasteiger partial charge on any atom is 0.225 e. The molecule has 0 saturated carbocycles. The molecule has 0 aliphatic carbocycles. The van der Waals surface area contributed by atoms with Gasteiger partial charge >= 0.3 is 0 Å². The van der Waals surface area contributed by atoms with Crippen LogP contribution < -0.4 is 10.9 Å². The number of nitrogens with zero attached hydrogens (tertiary/aromatic N) is 1. The van der Waals surface area contributed by atoms with E-state index < -0.39 is 0 Å². The molecule has 1 aromatic heterocycles. The second-order valence-corrected chi connectivity index (χ2v) is 6.37. The summed E-state index contributed by atoms with van der Waals surface area (Å²) in [5.41, 5.74) is 6.07. The predicted octanol–water partition coefficient (Wildman–Crippen LogP) is 5.35. The second kappa shape index (κ2) is 7.48. The van der Waals surface area contributed by atoms with E-state index in [4.69, 9.17) is 4.42 Å². The van der Waals surface area contributed by atoms with E-state index in [1.807, 2.05) is 37.3 Å². The van der Waals surface area contributed by atoms with Gasteiger partial charge in [0.1, 0.15) is 11.4 Å². The van der Waals surface area contributed by atoms with Crippen molar-refractivity contribution in [3.63, 3.8) is 0 Å². The molecule has 0 amide bonds. The third-order valence-electron chi connectivity index (χ3n) is 4.46. The van der Waals surface area contributed by atoms with E-state index in [-0.39, 0.29) is 17.1 Å². The first-order valence-electron chi connectivity index (χ1n) is 8.80. The number of aryl methyl sites for hydroxylation is 1. The summed E-state index contributed by atoms with van der Waals surface area (Å²) in [6.45, 7) is 1.94. The number of hydrogen-bond donors (Lipinski definition) is 1. The molecule has 0 spiro atoms. The molecule has 0 saturated heterocycles. The van der Waals surface area contributed by atoms with Crippen LogP contribution in [0.25, 0.3) is 22.1 Å². The number of fused-ring (bicyclic) bond motifs is 1. The molecule has 1 N–H and O–H groups in total. The molecule has 0 atom stereocenters. The molecule has 4 rings (SSSR count). The summed E-state index contributed by atoms with van der Waals surface area (Å²) in [6.07, 6.45) is 1.54. The van der Waals surface area contributed by atoms with Crippen LogP contribution in [0.3, 0.4) is 0 Å². The van der Waals surface area contributed by atoms with Crippen molar-refractivity contribution in [2.24, 2.45) is 5.10 Å². The lowest BCUT2D eigenvalue weighted by molar-refractivity contribution is 0.618. The van der Waals surface area contributed by atoms with Crippen molar-refractivity contribution >= 4 is 23.1 Å². The second-order valence-electron chi connectivity index (χ2n) is 6.37. The minimum absolute atomic E-state index is 0.129. The van der Waals surface area contributed by atoms with E-state index in [0.717, 1.165) is 16.7 Å². The number of anilines is 1. The van der Waals surface area contributed by atoms with Gasteiger partial charge in [-0.1, -0.05) is 48.5 Å². The van der Waals surface area contributed by atoms with Crippen LogP contribution in [0.5, 0.6) is 0 Å². The summed E-state index contributed by atoms with van der Waals surface area (Å²) in [5.74, 6) is -0.0520. The van der Waals surface area contributed by atoms with E-state index in [2.05, 4.69) is 10.5 Å². The molecule has 0 radical (unpaired) electrons. The SMILES string of the molecule is Cc1ccccc1-c1c(N/N=C/c2ccc(F)cc2)oc2ccccc2c1=O. The topological polar surface area (TPSA) is 54.6 Å². The summed E-state index contributed by atoms with van der Waals surface area (Å²) in [7, 11) is 0. The summed E-state index contributed by atoms with van der Waals surface area (Å²) in [4.78, 5) is 13.2. The van der Waals surface area contributed by atoms with Gasteiger partial charge in [-0.2, -0.15) is 5.10 Å². The zero-order valence-corrected chi connectivity index (χ0v) is 15.1. The highest BCUT2D eigenvalue weighted by molar-refractivity contribution is 5.88. The average molecular weight is 372 g/mol. The fraction of sp³-hybridized carbons (Fsp3) is 0.0435. The fourth-order valence-corrected chi connectivity index (χ4v) is 3.03. The highest BCUT2D eigenvalue weighted by Crippen LogP contribution is 2.30. The van der Waals surface area contributed by atoms with Crippen LogP contribution in [0, 0.1) is 12.7 Å². The molecule has 4 aromatic rings. The van der Waals surface area contributed by atoms with E-state index >= 15 is 0 Å². The van der Waals surface area contributed by atoms with Gasteiger partial charge < -0.3 is 4.42 Å². The highest BCUT2D eigenvalue weighted by atomic mass is 19.1. The van der Waals surface area contributed by atoms with Crippen molar-refractivity contribution in [1.82, 2.24) is 0 Å². The van der Waals surface area contributed by atoms with Crippen LogP contribution in [0.1, 0.15) is 11.1 Å². The third-order valence-corrected chi connectivity index (χ3v) is 4.46. The van der Waals surface area contributed by atoms with E-state index in [1.165, 1.54) is 18.3 Å². The van der Waals surface area contributed by atoms with Gasteiger partial charge in [0.05, 0.1) is 17.2 Å². The van der Waals surface area contributed by atoms with Crippen molar-refractivity contribution in [2.45, 2.75) is 6.92 Å². The lowest BCUT2D eigenvalue weighted by atomic mass is 10.00. The monoisotopic (exact) mass is 372 g/mol. The molecule has 1 heterocycles. The molecule has 138 valence electrons. The Kier molecular flexibility index (Phi) is 4.72. The molecule has 0 aliphatic heterocycles. The lowest BCUT2D eigenvalue weighted by Crippen LogP contribution is -2.09. The van der Waals surface area contributed by atoms with Crippen LogP contribution in [-0.2, 0) is 0 Å². The van der Waals surface area contributed by atoms with Crippen LogP contribution in [0.15, 0.2) is 87.1 Å². The molecule has 5 heteroatoms. The Labute approximate surface area is 161 Å². The average Bonchev–Trinajstić information content (AvgIpc) is 2.71. The van der Waals surface area contributed by atoms with E-state index in [9.17, 15) is 9.18 Å².